The number of ether oxygens (including phenoxy) is 1. The molecule has 0 saturated carbocycles. The number of aliphatic carboxylic acids is 1. The molecular formula is C16H20N4O4. The molecule has 0 amide bonds. The Morgan fingerprint density at radius 3 is 2.54 bits per heavy atom. The molecule has 0 aliphatic carbocycles. The summed E-state index contributed by atoms with van der Waals surface area (Å²) in [5.74, 6) is -0.202. The van der Waals surface area contributed by atoms with Gasteiger partial charge in [0, 0.05) is 13.1 Å². The van der Waals surface area contributed by atoms with E-state index >= 15 is 0 Å². The molecule has 0 bridgehead atoms. The number of aliphatic hydroxyl groups is 1. The van der Waals surface area contributed by atoms with Crippen molar-refractivity contribution in [1.29, 1.82) is 0 Å². The molecule has 3 rings (SSSR count). The van der Waals surface area contributed by atoms with Gasteiger partial charge in [0.2, 0.25) is 0 Å². The molecule has 1 unspecified atom stereocenters. The number of nitrogens with zero attached hydrogens (tertiary/aromatic N) is 3. The number of hydrogen-bond donors (Lipinski definition) is 3. The van der Waals surface area contributed by atoms with Crippen LogP contribution < -0.4 is 10.2 Å². The number of carbonyl (C=O) groups is 1. The van der Waals surface area contributed by atoms with E-state index in [1.165, 1.54) is 6.92 Å². The fourth-order valence-electron chi connectivity index (χ4n) is 2.44. The van der Waals surface area contributed by atoms with E-state index in [0.29, 0.717) is 43.5 Å². The van der Waals surface area contributed by atoms with Crippen molar-refractivity contribution in [2.75, 3.05) is 43.1 Å². The van der Waals surface area contributed by atoms with Gasteiger partial charge >= 0.3 is 5.97 Å². The molecule has 1 atom stereocenters. The minimum Gasteiger partial charge on any atom is -0.479 e. The van der Waals surface area contributed by atoms with E-state index in [1.807, 2.05) is 29.2 Å². The maximum Gasteiger partial charge on any atom is 0.337 e. The second kappa shape index (κ2) is 6.58. The smallest absolute Gasteiger partial charge is 0.337 e. The lowest BCUT2D eigenvalue weighted by atomic mass is 10.1. The summed E-state index contributed by atoms with van der Waals surface area (Å²) in [5.41, 5.74) is -0.434. The van der Waals surface area contributed by atoms with Gasteiger partial charge in [-0.15, -0.1) is 0 Å². The van der Waals surface area contributed by atoms with Crippen molar-refractivity contribution in [2.24, 2.45) is 0 Å². The van der Waals surface area contributed by atoms with Crippen molar-refractivity contribution in [3.8, 4) is 0 Å². The highest BCUT2D eigenvalue weighted by Crippen LogP contribution is 2.26. The van der Waals surface area contributed by atoms with Crippen LogP contribution in [0, 0.1) is 0 Å². The minimum absolute atomic E-state index is 0.174. The van der Waals surface area contributed by atoms with Gasteiger partial charge in [0.05, 0.1) is 30.8 Å². The molecule has 2 heterocycles. The van der Waals surface area contributed by atoms with Crippen LogP contribution >= 0.6 is 0 Å². The van der Waals surface area contributed by atoms with E-state index in [1.54, 1.807) is 0 Å². The van der Waals surface area contributed by atoms with E-state index in [9.17, 15) is 9.90 Å². The van der Waals surface area contributed by atoms with Gasteiger partial charge in [0.15, 0.2) is 17.2 Å². The highest BCUT2D eigenvalue weighted by Gasteiger charge is 2.30. The Hall–Kier alpha value is -2.45. The second-order valence-corrected chi connectivity index (χ2v) is 5.92. The molecule has 2 aromatic rings. The molecule has 1 aromatic heterocycles. The zero-order valence-electron chi connectivity index (χ0n) is 13.4. The van der Waals surface area contributed by atoms with Crippen molar-refractivity contribution >= 4 is 28.6 Å². The number of morpholine rings is 1. The molecule has 1 aliphatic heterocycles. The molecule has 1 aromatic carbocycles. The van der Waals surface area contributed by atoms with E-state index in [2.05, 4.69) is 15.3 Å². The molecule has 1 saturated heterocycles. The maximum absolute atomic E-state index is 11.1. The lowest BCUT2D eigenvalue weighted by Crippen LogP contribution is -2.42. The average molecular weight is 332 g/mol. The van der Waals surface area contributed by atoms with Gasteiger partial charge in [-0.25, -0.2) is 14.8 Å². The van der Waals surface area contributed by atoms with Crippen LogP contribution in [0.4, 0.5) is 11.6 Å². The first-order valence-corrected chi connectivity index (χ1v) is 7.76. The molecule has 24 heavy (non-hydrogen) atoms. The zero-order chi connectivity index (χ0) is 17.2. The van der Waals surface area contributed by atoms with Crippen LogP contribution in [0.15, 0.2) is 24.3 Å². The zero-order valence-corrected chi connectivity index (χ0v) is 13.4. The number of anilines is 2. The van der Waals surface area contributed by atoms with Crippen LogP contribution in [-0.2, 0) is 9.53 Å². The molecule has 8 nitrogen and oxygen atoms in total. The Kier molecular flexibility index (Phi) is 4.50. The molecule has 1 aliphatic rings. The van der Waals surface area contributed by atoms with E-state index in [0.717, 1.165) is 5.52 Å². The number of nitrogens with one attached hydrogen (secondary N) is 1. The number of hydrogen-bond acceptors (Lipinski definition) is 7. The van der Waals surface area contributed by atoms with E-state index < -0.39 is 11.6 Å². The van der Waals surface area contributed by atoms with E-state index in [-0.39, 0.29) is 6.54 Å². The van der Waals surface area contributed by atoms with Crippen LogP contribution in [0.2, 0.25) is 0 Å². The highest BCUT2D eigenvalue weighted by molar-refractivity contribution is 5.81. The van der Waals surface area contributed by atoms with Gasteiger partial charge < -0.3 is 25.2 Å². The highest BCUT2D eigenvalue weighted by atomic mass is 16.5. The number of aromatic nitrogens is 2. The van der Waals surface area contributed by atoms with Gasteiger partial charge in [-0.3, -0.25) is 0 Å². The molecule has 3 N–H and O–H groups in total. The summed E-state index contributed by atoms with van der Waals surface area (Å²) < 4.78 is 5.37. The molecule has 8 heteroatoms. The standard InChI is InChI=1S/C16H20N4O4/c1-16(23,15(21)22)10-17-13-14(20-6-8-24-9-7-20)19-12-5-3-2-4-11(12)18-13/h2-5,23H,6-10H2,1H3,(H,17,18)(H,21,22). The lowest BCUT2D eigenvalue weighted by Gasteiger charge is -2.30. The maximum atomic E-state index is 11.1. The summed E-state index contributed by atoms with van der Waals surface area (Å²) in [7, 11) is 0. The average Bonchev–Trinajstić information content (AvgIpc) is 2.60. The number of para-hydroxylation sites is 2. The number of benzene rings is 1. The summed E-state index contributed by atoms with van der Waals surface area (Å²) >= 11 is 0. The Morgan fingerprint density at radius 2 is 1.92 bits per heavy atom. The SMILES string of the molecule is CC(O)(CNc1nc2ccccc2nc1N1CCOCC1)C(=O)O. The fraction of sp³-hybridized carbons (Fsp3) is 0.438. The summed E-state index contributed by atoms with van der Waals surface area (Å²) in [6.07, 6.45) is 0. The van der Waals surface area contributed by atoms with Crippen LogP contribution in [-0.4, -0.2) is 64.6 Å². The number of carboxylic acids is 1. The minimum atomic E-state index is -1.89. The Labute approximate surface area is 139 Å². The van der Waals surface area contributed by atoms with Crippen molar-refractivity contribution < 1.29 is 19.7 Å². The molecule has 1 fully saturated rings. The topological polar surface area (TPSA) is 108 Å². The monoisotopic (exact) mass is 332 g/mol. The van der Waals surface area contributed by atoms with Gasteiger partial charge in [-0.05, 0) is 19.1 Å². The third-order valence-corrected chi connectivity index (χ3v) is 3.92. The predicted molar refractivity (Wildman–Crippen MR) is 89.3 cm³/mol. The summed E-state index contributed by atoms with van der Waals surface area (Å²) in [6, 6.07) is 7.47. The van der Waals surface area contributed by atoms with Crippen LogP contribution in [0.5, 0.6) is 0 Å². The predicted octanol–water partition coefficient (Wildman–Crippen LogP) is 0.714. The first kappa shape index (κ1) is 16.4. The summed E-state index contributed by atoms with van der Waals surface area (Å²) in [4.78, 5) is 22.3. The first-order chi connectivity index (χ1) is 11.5. The summed E-state index contributed by atoms with van der Waals surface area (Å²) in [6.45, 7) is 3.62. The molecule has 0 radical (unpaired) electrons. The fourth-order valence-corrected chi connectivity index (χ4v) is 2.44. The molecule has 128 valence electrons. The third-order valence-electron chi connectivity index (χ3n) is 3.92. The lowest BCUT2D eigenvalue weighted by molar-refractivity contribution is -0.155. The van der Waals surface area contributed by atoms with Gasteiger partial charge in [0.1, 0.15) is 0 Å². The number of rotatable bonds is 5. The van der Waals surface area contributed by atoms with Crippen LogP contribution in [0.25, 0.3) is 11.0 Å². The Balaban J connectivity index is 1.95. The van der Waals surface area contributed by atoms with Crippen molar-refractivity contribution in [3.63, 3.8) is 0 Å². The van der Waals surface area contributed by atoms with Crippen molar-refractivity contribution in [1.82, 2.24) is 9.97 Å². The van der Waals surface area contributed by atoms with Crippen LogP contribution in [0.3, 0.4) is 0 Å². The quantitative estimate of drug-likeness (QED) is 0.735. The van der Waals surface area contributed by atoms with E-state index in [4.69, 9.17) is 9.84 Å². The third kappa shape index (κ3) is 3.39. The van der Waals surface area contributed by atoms with Crippen LogP contribution in [0.1, 0.15) is 6.92 Å². The Bertz CT molecular complexity index is 744. The van der Waals surface area contributed by atoms with Gasteiger partial charge in [0.25, 0.3) is 0 Å². The van der Waals surface area contributed by atoms with Crippen molar-refractivity contribution in [3.05, 3.63) is 24.3 Å². The number of carboxylic acid groups (broad SMARTS) is 1. The van der Waals surface area contributed by atoms with Gasteiger partial charge in [-0.2, -0.15) is 0 Å². The Morgan fingerprint density at radius 1 is 1.29 bits per heavy atom. The largest absolute Gasteiger partial charge is 0.479 e. The van der Waals surface area contributed by atoms with Crippen molar-refractivity contribution in [2.45, 2.75) is 12.5 Å². The molecule has 0 spiro atoms. The van der Waals surface area contributed by atoms with Gasteiger partial charge in [-0.1, -0.05) is 12.1 Å². The number of fused-ring (bicyclic) bond motifs is 1. The normalized spacial score (nSPS) is 17.5. The first-order valence-electron chi connectivity index (χ1n) is 7.76. The molecular weight excluding hydrogens is 312 g/mol. The summed E-state index contributed by atoms with van der Waals surface area (Å²) in [5, 5.41) is 21.9. The second-order valence-electron chi connectivity index (χ2n) is 5.92.